The Kier molecular flexibility index (Phi) is 3.30. The van der Waals surface area contributed by atoms with Crippen molar-refractivity contribution < 1.29 is 9.84 Å². The number of nitrogens with zero attached hydrogens (tertiary/aromatic N) is 1. The molecule has 0 spiro atoms. The lowest BCUT2D eigenvalue weighted by atomic mass is 9.88. The van der Waals surface area contributed by atoms with Gasteiger partial charge in [-0.1, -0.05) is 0 Å². The SMILES string of the molecule is COC1CC(N(C)CCO)C1. The minimum absolute atomic E-state index is 0.255. The van der Waals surface area contributed by atoms with E-state index in [-0.39, 0.29) is 6.61 Å². The van der Waals surface area contributed by atoms with Gasteiger partial charge >= 0.3 is 0 Å². The van der Waals surface area contributed by atoms with Gasteiger partial charge in [-0.3, -0.25) is 0 Å². The van der Waals surface area contributed by atoms with E-state index in [4.69, 9.17) is 9.84 Å². The minimum Gasteiger partial charge on any atom is -0.395 e. The summed E-state index contributed by atoms with van der Waals surface area (Å²) in [6.45, 7) is 1.03. The van der Waals surface area contributed by atoms with Gasteiger partial charge < -0.3 is 14.7 Å². The molecule has 0 unspecified atom stereocenters. The molecule has 11 heavy (non-hydrogen) atoms. The van der Waals surface area contributed by atoms with E-state index < -0.39 is 0 Å². The summed E-state index contributed by atoms with van der Waals surface area (Å²) in [6, 6.07) is 0.632. The molecule has 0 aromatic heterocycles. The number of likely N-dealkylation sites (N-methyl/N-ethyl adjacent to an activating group) is 1. The molecule has 1 aliphatic rings. The lowest BCUT2D eigenvalue weighted by molar-refractivity contribution is -0.0225. The van der Waals surface area contributed by atoms with Crippen LogP contribution in [0.4, 0.5) is 0 Å². The molecule has 0 heterocycles. The summed E-state index contributed by atoms with van der Waals surface area (Å²) in [7, 11) is 3.81. The zero-order valence-corrected chi connectivity index (χ0v) is 7.29. The lowest BCUT2D eigenvalue weighted by Gasteiger charge is -2.40. The number of aliphatic hydroxyl groups excluding tert-OH is 1. The van der Waals surface area contributed by atoms with Gasteiger partial charge in [0.2, 0.25) is 0 Å². The van der Waals surface area contributed by atoms with Crippen molar-refractivity contribution in [2.24, 2.45) is 0 Å². The van der Waals surface area contributed by atoms with Crippen LogP contribution in [0.15, 0.2) is 0 Å². The van der Waals surface area contributed by atoms with E-state index in [1.165, 1.54) is 0 Å². The predicted molar refractivity (Wildman–Crippen MR) is 43.5 cm³/mol. The fraction of sp³-hybridized carbons (Fsp3) is 1.00. The predicted octanol–water partition coefficient (Wildman–Crippen LogP) is 0.0879. The first-order valence-electron chi connectivity index (χ1n) is 4.11. The van der Waals surface area contributed by atoms with Crippen LogP contribution in [0.2, 0.25) is 0 Å². The molecule has 1 N–H and O–H groups in total. The van der Waals surface area contributed by atoms with E-state index in [9.17, 15) is 0 Å². The van der Waals surface area contributed by atoms with Gasteiger partial charge in [0.1, 0.15) is 0 Å². The summed E-state index contributed by atoms with van der Waals surface area (Å²) in [5.41, 5.74) is 0. The third-order valence-corrected chi connectivity index (χ3v) is 2.48. The quantitative estimate of drug-likeness (QED) is 0.631. The van der Waals surface area contributed by atoms with Crippen molar-refractivity contribution >= 4 is 0 Å². The molecule has 0 saturated heterocycles. The van der Waals surface area contributed by atoms with Gasteiger partial charge in [-0.15, -0.1) is 0 Å². The first-order valence-corrected chi connectivity index (χ1v) is 4.11. The summed E-state index contributed by atoms with van der Waals surface area (Å²) >= 11 is 0. The van der Waals surface area contributed by atoms with Crippen molar-refractivity contribution in [2.45, 2.75) is 25.0 Å². The zero-order chi connectivity index (χ0) is 8.27. The number of ether oxygens (including phenoxy) is 1. The van der Waals surface area contributed by atoms with E-state index in [0.717, 1.165) is 19.4 Å². The van der Waals surface area contributed by atoms with Crippen LogP contribution in [0.5, 0.6) is 0 Å². The molecular formula is C8H17NO2. The molecule has 0 aromatic carbocycles. The second-order valence-corrected chi connectivity index (χ2v) is 3.19. The van der Waals surface area contributed by atoms with Gasteiger partial charge in [-0.25, -0.2) is 0 Å². The first-order chi connectivity index (χ1) is 5.27. The Labute approximate surface area is 68.0 Å². The van der Waals surface area contributed by atoms with Gasteiger partial charge in [-0.2, -0.15) is 0 Å². The van der Waals surface area contributed by atoms with Crippen LogP contribution in [-0.4, -0.2) is 49.5 Å². The Hall–Kier alpha value is -0.120. The molecule has 0 amide bonds. The normalized spacial score (nSPS) is 30.5. The average Bonchev–Trinajstić information content (AvgIpc) is 1.86. The Morgan fingerprint density at radius 2 is 2.18 bits per heavy atom. The second kappa shape index (κ2) is 4.04. The van der Waals surface area contributed by atoms with Gasteiger partial charge in [0.25, 0.3) is 0 Å². The molecule has 3 nitrogen and oxygen atoms in total. The number of rotatable bonds is 4. The third-order valence-electron chi connectivity index (χ3n) is 2.48. The summed E-state index contributed by atoms with van der Waals surface area (Å²) in [6.07, 6.45) is 2.70. The Bertz CT molecular complexity index is 113. The molecule has 66 valence electrons. The average molecular weight is 159 g/mol. The van der Waals surface area contributed by atoms with Gasteiger partial charge in [0.15, 0.2) is 0 Å². The van der Waals surface area contributed by atoms with Crippen LogP contribution >= 0.6 is 0 Å². The molecule has 0 aliphatic heterocycles. The lowest BCUT2D eigenvalue weighted by Crippen LogP contribution is -2.46. The minimum atomic E-state index is 0.255. The molecule has 1 fully saturated rings. The van der Waals surface area contributed by atoms with Crippen molar-refractivity contribution in [3.8, 4) is 0 Å². The smallest absolute Gasteiger partial charge is 0.0601 e. The first kappa shape index (κ1) is 8.97. The highest BCUT2D eigenvalue weighted by Crippen LogP contribution is 2.26. The standard InChI is InChI=1S/C8H17NO2/c1-9(3-4-10)7-5-8(6-7)11-2/h7-8,10H,3-6H2,1-2H3. The molecule has 3 heteroatoms. The van der Waals surface area contributed by atoms with Gasteiger partial charge in [-0.05, 0) is 19.9 Å². The van der Waals surface area contributed by atoms with E-state index in [0.29, 0.717) is 12.1 Å². The maximum atomic E-state index is 8.66. The van der Waals surface area contributed by atoms with Crippen LogP contribution in [-0.2, 0) is 4.74 Å². The van der Waals surface area contributed by atoms with Crippen LogP contribution < -0.4 is 0 Å². The highest BCUT2D eigenvalue weighted by atomic mass is 16.5. The molecular weight excluding hydrogens is 142 g/mol. The molecule has 1 aliphatic carbocycles. The molecule has 0 radical (unpaired) electrons. The monoisotopic (exact) mass is 159 g/mol. The van der Waals surface area contributed by atoms with E-state index >= 15 is 0 Å². The summed E-state index contributed by atoms with van der Waals surface area (Å²) in [5, 5.41) is 8.66. The molecule has 1 saturated carbocycles. The number of methoxy groups -OCH3 is 1. The Morgan fingerprint density at radius 3 is 2.64 bits per heavy atom. The van der Waals surface area contributed by atoms with Crippen LogP contribution in [0.1, 0.15) is 12.8 Å². The van der Waals surface area contributed by atoms with Gasteiger partial charge in [0, 0.05) is 19.7 Å². The largest absolute Gasteiger partial charge is 0.395 e. The summed E-state index contributed by atoms with van der Waals surface area (Å²) in [4.78, 5) is 2.19. The zero-order valence-electron chi connectivity index (χ0n) is 7.29. The topological polar surface area (TPSA) is 32.7 Å². The fourth-order valence-corrected chi connectivity index (χ4v) is 1.43. The van der Waals surface area contributed by atoms with Crippen LogP contribution in [0, 0.1) is 0 Å². The summed E-state index contributed by atoms with van der Waals surface area (Å²) in [5.74, 6) is 0. The Balaban J connectivity index is 2.10. The highest BCUT2D eigenvalue weighted by molar-refractivity contribution is 4.86. The van der Waals surface area contributed by atoms with Crippen molar-refractivity contribution in [1.29, 1.82) is 0 Å². The third kappa shape index (κ3) is 2.15. The molecule has 0 atom stereocenters. The molecule has 0 bridgehead atoms. The van der Waals surface area contributed by atoms with E-state index in [1.807, 2.05) is 7.05 Å². The van der Waals surface area contributed by atoms with Crippen molar-refractivity contribution in [3.63, 3.8) is 0 Å². The maximum Gasteiger partial charge on any atom is 0.0601 e. The number of aliphatic hydroxyl groups is 1. The second-order valence-electron chi connectivity index (χ2n) is 3.19. The highest BCUT2D eigenvalue weighted by Gasteiger charge is 2.31. The van der Waals surface area contributed by atoms with Crippen LogP contribution in [0.3, 0.4) is 0 Å². The van der Waals surface area contributed by atoms with E-state index in [1.54, 1.807) is 7.11 Å². The van der Waals surface area contributed by atoms with E-state index in [2.05, 4.69) is 4.90 Å². The Morgan fingerprint density at radius 1 is 1.55 bits per heavy atom. The van der Waals surface area contributed by atoms with Crippen molar-refractivity contribution in [2.75, 3.05) is 27.3 Å². The molecule has 1 rings (SSSR count). The molecule has 0 aromatic rings. The fourth-order valence-electron chi connectivity index (χ4n) is 1.43. The van der Waals surface area contributed by atoms with Crippen molar-refractivity contribution in [3.05, 3.63) is 0 Å². The summed E-state index contributed by atoms with van der Waals surface area (Å²) < 4.78 is 5.16. The number of hydrogen-bond donors (Lipinski definition) is 1. The maximum absolute atomic E-state index is 8.66. The number of hydrogen-bond acceptors (Lipinski definition) is 3. The van der Waals surface area contributed by atoms with Gasteiger partial charge in [0.05, 0.1) is 12.7 Å². The van der Waals surface area contributed by atoms with Crippen molar-refractivity contribution in [1.82, 2.24) is 4.90 Å². The van der Waals surface area contributed by atoms with Crippen LogP contribution in [0.25, 0.3) is 0 Å².